The SMILES string of the molecule is CCCn1c(C)cc(C(=O)COC(=O)c2cc(OC)ccc2O)c1C. The van der Waals surface area contributed by atoms with Crippen LogP contribution in [0.5, 0.6) is 11.5 Å². The molecule has 0 atom stereocenters. The van der Waals surface area contributed by atoms with Crippen LogP contribution in [0.2, 0.25) is 0 Å². The van der Waals surface area contributed by atoms with E-state index in [1.54, 1.807) is 0 Å². The molecule has 0 radical (unpaired) electrons. The van der Waals surface area contributed by atoms with Crippen molar-refractivity contribution >= 4 is 11.8 Å². The van der Waals surface area contributed by atoms with Gasteiger partial charge in [0.05, 0.1) is 7.11 Å². The van der Waals surface area contributed by atoms with Crippen LogP contribution in [0.3, 0.4) is 0 Å². The molecule has 0 aliphatic rings. The molecule has 0 fully saturated rings. The zero-order valence-corrected chi connectivity index (χ0v) is 15.0. The summed E-state index contributed by atoms with van der Waals surface area (Å²) in [4.78, 5) is 24.5. The number of phenolic OH excluding ortho intramolecular Hbond substituents is 1. The van der Waals surface area contributed by atoms with Gasteiger partial charge in [0.2, 0.25) is 5.78 Å². The molecule has 0 unspecified atom stereocenters. The number of esters is 1. The fraction of sp³-hybridized carbons (Fsp3) is 0.368. The van der Waals surface area contributed by atoms with Crippen molar-refractivity contribution in [3.8, 4) is 11.5 Å². The molecule has 1 aromatic heterocycles. The van der Waals surface area contributed by atoms with Gasteiger partial charge in [0.25, 0.3) is 0 Å². The molecule has 0 saturated carbocycles. The van der Waals surface area contributed by atoms with Crippen molar-refractivity contribution in [2.24, 2.45) is 0 Å². The highest BCUT2D eigenvalue weighted by atomic mass is 16.5. The molecule has 0 aliphatic carbocycles. The summed E-state index contributed by atoms with van der Waals surface area (Å²) in [5.74, 6) is -0.850. The second-order valence-electron chi connectivity index (χ2n) is 5.82. The predicted molar refractivity (Wildman–Crippen MR) is 93.5 cm³/mol. The van der Waals surface area contributed by atoms with E-state index in [-0.39, 0.29) is 23.7 Å². The van der Waals surface area contributed by atoms with Crippen LogP contribution in [-0.2, 0) is 11.3 Å². The van der Waals surface area contributed by atoms with Crippen LogP contribution in [0.15, 0.2) is 24.3 Å². The number of hydrogen-bond acceptors (Lipinski definition) is 5. The molecule has 2 rings (SSSR count). The number of carbonyl (C=O) groups excluding carboxylic acids is 2. The number of ketones is 1. The molecule has 1 heterocycles. The number of methoxy groups -OCH3 is 1. The average molecular weight is 345 g/mol. The second-order valence-corrected chi connectivity index (χ2v) is 5.82. The molecule has 2 aromatic rings. The van der Waals surface area contributed by atoms with Gasteiger partial charge in [-0.2, -0.15) is 0 Å². The van der Waals surface area contributed by atoms with Crippen molar-refractivity contribution < 1.29 is 24.2 Å². The van der Waals surface area contributed by atoms with E-state index in [1.807, 2.05) is 19.9 Å². The summed E-state index contributed by atoms with van der Waals surface area (Å²) in [7, 11) is 1.46. The summed E-state index contributed by atoms with van der Waals surface area (Å²) in [6.07, 6.45) is 0.966. The summed E-state index contributed by atoms with van der Waals surface area (Å²) in [5.41, 5.74) is 2.38. The number of rotatable bonds is 7. The van der Waals surface area contributed by atoms with E-state index in [0.717, 1.165) is 24.4 Å². The fourth-order valence-electron chi connectivity index (χ4n) is 2.74. The summed E-state index contributed by atoms with van der Waals surface area (Å²) in [6.45, 7) is 6.35. The quantitative estimate of drug-likeness (QED) is 0.615. The monoisotopic (exact) mass is 345 g/mol. The lowest BCUT2D eigenvalue weighted by molar-refractivity contribution is 0.0471. The Labute approximate surface area is 147 Å². The smallest absolute Gasteiger partial charge is 0.342 e. The van der Waals surface area contributed by atoms with Crippen molar-refractivity contribution in [2.75, 3.05) is 13.7 Å². The molecular weight excluding hydrogens is 322 g/mol. The van der Waals surface area contributed by atoms with E-state index < -0.39 is 5.97 Å². The molecule has 0 aliphatic heterocycles. The highest BCUT2D eigenvalue weighted by Crippen LogP contribution is 2.24. The van der Waals surface area contributed by atoms with Gasteiger partial charge in [0.15, 0.2) is 6.61 Å². The maximum Gasteiger partial charge on any atom is 0.342 e. The first kappa shape index (κ1) is 18.6. The van der Waals surface area contributed by atoms with Gasteiger partial charge in [-0.15, -0.1) is 0 Å². The molecule has 25 heavy (non-hydrogen) atoms. The zero-order valence-electron chi connectivity index (χ0n) is 15.0. The molecule has 6 nitrogen and oxygen atoms in total. The molecule has 0 saturated heterocycles. The molecule has 0 amide bonds. The Kier molecular flexibility index (Phi) is 5.85. The fourth-order valence-corrected chi connectivity index (χ4v) is 2.74. The first-order valence-electron chi connectivity index (χ1n) is 8.13. The van der Waals surface area contributed by atoms with E-state index in [0.29, 0.717) is 11.3 Å². The molecular formula is C19H23NO5. The summed E-state index contributed by atoms with van der Waals surface area (Å²) in [5, 5.41) is 9.78. The average Bonchev–Trinajstić information content (AvgIpc) is 2.88. The topological polar surface area (TPSA) is 77.8 Å². The zero-order chi connectivity index (χ0) is 18.6. The van der Waals surface area contributed by atoms with Gasteiger partial charge in [-0.05, 0) is 44.5 Å². The van der Waals surface area contributed by atoms with Gasteiger partial charge in [-0.25, -0.2) is 4.79 Å². The number of phenols is 1. The normalized spacial score (nSPS) is 10.6. The van der Waals surface area contributed by atoms with Crippen molar-refractivity contribution in [1.82, 2.24) is 4.57 Å². The number of Topliss-reactive ketones (excluding diaryl/α,β-unsaturated/α-hetero) is 1. The Hall–Kier alpha value is -2.76. The molecule has 6 heteroatoms. The first-order valence-corrected chi connectivity index (χ1v) is 8.13. The number of carbonyl (C=O) groups is 2. The summed E-state index contributed by atoms with van der Waals surface area (Å²) in [6, 6.07) is 6.05. The van der Waals surface area contributed by atoms with Crippen LogP contribution in [0, 0.1) is 13.8 Å². The minimum atomic E-state index is -0.771. The van der Waals surface area contributed by atoms with Gasteiger partial charge in [-0.3, -0.25) is 4.79 Å². The van der Waals surface area contributed by atoms with E-state index >= 15 is 0 Å². The van der Waals surface area contributed by atoms with Crippen molar-refractivity contribution in [1.29, 1.82) is 0 Å². The number of aryl methyl sites for hydroxylation is 1. The molecule has 0 spiro atoms. The molecule has 1 N–H and O–H groups in total. The third-order valence-electron chi connectivity index (χ3n) is 4.08. The Morgan fingerprint density at radius 2 is 1.88 bits per heavy atom. The lowest BCUT2D eigenvalue weighted by Gasteiger charge is -2.09. The van der Waals surface area contributed by atoms with Crippen LogP contribution in [0.1, 0.15) is 45.4 Å². The van der Waals surface area contributed by atoms with E-state index in [9.17, 15) is 14.7 Å². The van der Waals surface area contributed by atoms with Crippen LogP contribution in [-0.4, -0.2) is 35.1 Å². The van der Waals surface area contributed by atoms with Crippen LogP contribution >= 0.6 is 0 Å². The molecule has 0 bridgehead atoms. The van der Waals surface area contributed by atoms with E-state index in [4.69, 9.17) is 9.47 Å². The number of aromatic hydroxyl groups is 1. The van der Waals surface area contributed by atoms with Crippen LogP contribution in [0.4, 0.5) is 0 Å². The van der Waals surface area contributed by atoms with Gasteiger partial charge < -0.3 is 19.1 Å². The number of nitrogens with zero attached hydrogens (tertiary/aromatic N) is 1. The predicted octanol–water partition coefficient (Wildman–Crippen LogP) is 3.27. The number of hydrogen-bond donors (Lipinski definition) is 1. The maximum absolute atomic E-state index is 12.4. The Morgan fingerprint density at radius 3 is 2.52 bits per heavy atom. The Balaban J connectivity index is 2.10. The maximum atomic E-state index is 12.4. The Bertz CT molecular complexity index is 791. The largest absolute Gasteiger partial charge is 0.507 e. The second kappa shape index (κ2) is 7.88. The van der Waals surface area contributed by atoms with Crippen molar-refractivity contribution in [3.05, 3.63) is 46.8 Å². The minimum absolute atomic E-state index is 0.0383. The van der Waals surface area contributed by atoms with Crippen LogP contribution in [0.25, 0.3) is 0 Å². The third-order valence-corrected chi connectivity index (χ3v) is 4.08. The highest BCUT2D eigenvalue weighted by Gasteiger charge is 2.19. The van der Waals surface area contributed by atoms with Gasteiger partial charge >= 0.3 is 5.97 Å². The molecule has 134 valence electrons. The number of ether oxygens (including phenoxy) is 2. The number of aromatic nitrogens is 1. The van der Waals surface area contributed by atoms with Gasteiger partial charge in [0, 0.05) is 23.5 Å². The first-order chi connectivity index (χ1) is 11.9. The van der Waals surface area contributed by atoms with Crippen molar-refractivity contribution in [3.63, 3.8) is 0 Å². The summed E-state index contributed by atoms with van der Waals surface area (Å²) >= 11 is 0. The summed E-state index contributed by atoms with van der Waals surface area (Å²) < 4.78 is 12.2. The van der Waals surface area contributed by atoms with E-state index in [2.05, 4.69) is 11.5 Å². The minimum Gasteiger partial charge on any atom is -0.507 e. The van der Waals surface area contributed by atoms with Gasteiger partial charge in [-0.1, -0.05) is 6.92 Å². The van der Waals surface area contributed by atoms with E-state index in [1.165, 1.54) is 25.3 Å². The Morgan fingerprint density at radius 1 is 1.16 bits per heavy atom. The molecule has 1 aromatic carbocycles. The standard InChI is InChI=1S/C19H23NO5/c1-5-8-20-12(2)9-15(13(20)3)18(22)11-25-19(23)16-10-14(24-4)6-7-17(16)21/h6-7,9-10,21H,5,8,11H2,1-4H3. The lowest BCUT2D eigenvalue weighted by Crippen LogP contribution is -2.15. The third kappa shape index (κ3) is 4.02. The lowest BCUT2D eigenvalue weighted by atomic mass is 10.1. The van der Waals surface area contributed by atoms with Gasteiger partial charge in [0.1, 0.15) is 17.1 Å². The van der Waals surface area contributed by atoms with Crippen LogP contribution < -0.4 is 4.74 Å². The number of benzene rings is 1. The highest BCUT2D eigenvalue weighted by molar-refractivity contribution is 6.01. The van der Waals surface area contributed by atoms with Crippen molar-refractivity contribution in [2.45, 2.75) is 33.7 Å².